The van der Waals surface area contributed by atoms with E-state index >= 15 is 0 Å². The third-order valence-corrected chi connectivity index (χ3v) is 4.27. The number of hydrogen-bond acceptors (Lipinski definition) is 8. The Morgan fingerprint density at radius 2 is 1.49 bits per heavy atom. The Kier molecular flexibility index (Phi) is 12.1. The van der Waals surface area contributed by atoms with Gasteiger partial charge in [0.2, 0.25) is 5.95 Å². The van der Waals surface area contributed by atoms with Crippen molar-refractivity contribution in [3.8, 4) is 12.3 Å². The van der Waals surface area contributed by atoms with Crippen molar-refractivity contribution in [2.45, 2.75) is 31.9 Å². The monoisotopic (exact) mass is 585 g/mol. The molecule has 0 spiro atoms. The van der Waals surface area contributed by atoms with Gasteiger partial charge in [-0.2, -0.15) is 9.97 Å². The van der Waals surface area contributed by atoms with Gasteiger partial charge in [0, 0.05) is 6.04 Å². The predicted molar refractivity (Wildman–Crippen MR) is 119 cm³/mol. The summed E-state index contributed by atoms with van der Waals surface area (Å²) in [6, 6.07) is 0.0152. The highest BCUT2D eigenvalue weighted by Gasteiger charge is 2.43. The van der Waals surface area contributed by atoms with Crippen molar-refractivity contribution in [3.05, 3.63) is 11.5 Å². The molecule has 1 fully saturated rings. The van der Waals surface area contributed by atoms with Crippen molar-refractivity contribution in [3.63, 3.8) is 0 Å². The van der Waals surface area contributed by atoms with Gasteiger partial charge in [-0.25, -0.2) is 18.7 Å². The first-order chi connectivity index (χ1) is 15.4. The van der Waals surface area contributed by atoms with Crippen LogP contribution in [0.4, 0.5) is 5.95 Å². The lowest BCUT2D eigenvalue weighted by molar-refractivity contribution is 0.104. The number of aliphatic hydroxyl groups excluding tert-OH is 1. The summed E-state index contributed by atoms with van der Waals surface area (Å²) >= 11 is 6.01. The van der Waals surface area contributed by atoms with Crippen LogP contribution >= 0.6 is 35.1 Å². The molecule has 1 saturated carbocycles. The Labute approximate surface area is 201 Å². The molecule has 18 nitrogen and oxygen atoms in total. The van der Waals surface area contributed by atoms with E-state index < -0.39 is 35.0 Å². The summed E-state index contributed by atoms with van der Waals surface area (Å²) in [5.74, 6) is 2.79. The van der Waals surface area contributed by atoms with Crippen molar-refractivity contribution < 1.29 is 62.8 Å². The summed E-state index contributed by atoms with van der Waals surface area (Å²) < 4.78 is 28.5. The smallest absolute Gasteiger partial charge is 0.391 e. The third kappa shape index (κ3) is 14.6. The van der Waals surface area contributed by atoms with Gasteiger partial charge >= 0.3 is 23.5 Å². The van der Waals surface area contributed by atoms with Gasteiger partial charge in [-0.05, 0) is 19.8 Å². The van der Waals surface area contributed by atoms with Gasteiger partial charge in [0.05, 0.1) is 17.8 Å². The summed E-state index contributed by atoms with van der Waals surface area (Å²) in [7, 11) is -13.9. The van der Waals surface area contributed by atoms with Gasteiger partial charge in [-0.1, -0.05) is 17.5 Å². The van der Waals surface area contributed by atoms with Crippen LogP contribution in [0, 0.1) is 17.8 Å². The number of nitrogen functional groups attached to an aromatic ring is 1. The first kappa shape index (κ1) is 33.5. The molecule has 0 aliphatic heterocycles. The van der Waals surface area contributed by atoms with E-state index in [1.165, 1.54) is 0 Å². The number of terminal acetylenes is 1. The summed E-state index contributed by atoms with van der Waals surface area (Å²) in [6.45, 7) is 1.88. The lowest BCUT2D eigenvalue weighted by Crippen LogP contribution is -2.23. The molecule has 0 aromatic carbocycles. The van der Waals surface area contributed by atoms with Crippen LogP contribution in [0.5, 0.6) is 0 Å². The maximum atomic E-state index is 10.1. The first-order valence-electron chi connectivity index (χ1n) is 8.61. The molecule has 12 N–H and O–H groups in total. The van der Waals surface area contributed by atoms with Crippen LogP contribution in [0.2, 0.25) is 5.15 Å². The lowest BCUT2D eigenvalue weighted by Gasteiger charge is -2.20. The number of nitrogens with two attached hydrogens (primary N) is 1. The lowest BCUT2D eigenvalue weighted by atomic mass is 9.88. The molecular formula is C13H23ClN5O13P3. The Morgan fingerprint density at radius 1 is 1.06 bits per heavy atom. The average molecular weight is 586 g/mol. The van der Waals surface area contributed by atoms with Gasteiger partial charge in [-0.15, -0.1) is 6.42 Å². The Bertz CT molecular complexity index is 1120. The van der Waals surface area contributed by atoms with Crippen LogP contribution in [0.15, 0.2) is 6.33 Å². The minimum Gasteiger partial charge on any atom is -0.391 e. The summed E-state index contributed by atoms with van der Waals surface area (Å²) in [6.07, 6.45) is 7.82. The first-order valence-corrected chi connectivity index (χ1v) is 13.7. The second-order valence-corrected chi connectivity index (χ2v) is 10.3. The second kappa shape index (κ2) is 12.6. The molecule has 0 amide bonds. The fourth-order valence-electron chi connectivity index (χ4n) is 2.76. The van der Waals surface area contributed by atoms with Crippen molar-refractivity contribution in [2.24, 2.45) is 5.41 Å². The fraction of sp³-hybridized carbons (Fsp3) is 0.462. The Morgan fingerprint density at radius 3 is 1.86 bits per heavy atom. The summed E-state index contributed by atoms with van der Waals surface area (Å²) in [5.41, 5.74) is 6.17. The third-order valence-electron chi connectivity index (χ3n) is 4.01. The van der Waals surface area contributed by atoms with E-state index in [9.17, 15) is 5.11 Å². The number of anilines is 1. The van der Waals surface area contributed by atoms with Crippen LogP contribution in [0.25, 0.3) is 11.2 Å². The van der Waals surface area contributed by atoms with Gasteiger partial charge in [0.1, 0.15) is 5.52 Å². The zero-order chi connectivity index (χ0) is 28.0. The minimum atomic E-state index is -4.64. The predicted octanol–water partition coefficient (Wildman–Crippen LogP) is -1.39. The van der Waals surface area contributed by atoms with Gasteiger partial charge in [0.25, 0.3) is 0 Å². The molecule has 1 aliphatic carbocycles. The van der Waals surface area contributed by atoms with Gasteiger partial charge in [0.15, 0.2) is 10.8 Å². The van der Waals surface area contributed by atoms with Crippen LogP contribution in [-0.4, -0.2) is 74.8 Å². The molecule has 3 rings (SSSR count). The number of phosphoric acid groups is 3. The molecule has 2 heterocycles. The minimum absolute atomic E-state index is 0.0152. The van der Waals surface area contributed by atoms with Crippen LogP contribution in [-0.2, 0) is 13.7 Å². The maximum Gasteiger partial charge on any atom is 0.466 e. The van der Waals surface area contributed by atoms with E-state index in [1.54, 1.807) is 6.33 Å². The molecule has 2 aromatic rings. The number of aliphatic hydroxyl groups is 1. The molecule has 0 unspecified atom stereocenters. The topological polar surface area (TPSA) is 323 Å². The van der Waals surface area contributed by atoms with E-state index in [0.29, 0.717) is 24.0 Å². The van der Waals surface area contributed by atoms with Gasteiger partial charge < -0.3 is 59.4 Å². The number of nitrogens with zero attached hydrogens (tertiary/aromatic N) is 4. The van der Waals surface area contributed by atoms with Gasteiger partial charge in [-0.3, -0.25) is 0 Å². The molecular weight excluding hydrogens is 563 g/mol. The quantitative estimate of drug-likeness (QED) is 0.104. The molecule has 22 heteroatoms. The molecule has 200 valence electrons. The standard InChI is InChI=1S/C13H14ClN5O.3H3O4P/c1-3-13(2)5-7(4-8(13)20)19-6-16-9-10(14)17-12(15)18-11(9)19;3*1-5(2,3)4/h1,6-8,20H,4-5H2,2H3,(H2,15,17,18);3*(H3,1,2,3,4)/t7-,8-,13+;;;/m1.../s1. The number of imidazole rings is 1. The summed E-state index contributed by atoms with van der Waals surface area (Å²) in [5, 5.41) is 10.4. The van der Waals surface area contributed by atoms with Crippen LogP contribution < -0.4 is 5.73 Å². The number of hydrogen-bond donors (Lipinski definition) is 11. The molecule has 35 heavy (non-hydrogen) atoms. The van der Waals surface area contributed by atoms with Crippen molar-refractivity contribution in [1.82, 2.24) is 19.5 Å². The molecule has 0 saturated heterocycles. The number of halogens is 1. The molecule has 2 aromatic heterocycles. The Hall–Kier alpha value is -1.51. The number of rotatable bonds is 1. The van der Waals surface area contributed by atoms with E-state index in [0.717, 1.165) is 0 Å². The van der Waals surface area contributed by atoms with E-state index in [1.807, 2.05) is 11.5 Å². The highest BCUT2D eigenvalue weighted by atomic mass is 35.5. The number of fused-ring (bicyclic) bond motifs is 1. The molecule has 0 bridgehead atoms. The van der Waals surface area contributed by atoms with Crippen molar-refractivity contribution in [1.29, 1.82) is 0 Å². The van der Waals surface area contributed by atoms with E-state index in [-0.39, 0.29) is 17.1 Å². The Balaban J connectivity index is 0.000000635. The van der Waals surface area contributed by atoms with E-state index in [2.05, 4.69) is 20.9 Å². The summed E-state index contributed by atoms with van der Waals surface area (Å²) in [4.78, 5) is 77.0. The largest absolute Gasteiger partial charge is 0.466 e. The zero-order valence-corrected chi connectivity index (χ0v) is 20.9. The SMILES string of the molecule is C#C[C@@]1(C)C[C@H](n2cnc3c(Cl)nc(N)nc32)C[C@H]1O.O=P(O)(O)O.O=P(O)(O)O.O=P(O)(O)O. The highest BCUT2D eigenvalue weighted by molar-refractivity contribution is 7.45. The molecule has 1 aliphatic rings. The maximum absolute atomic E-state index is 10.1. The van der Waals surface area contributed by atoms with Crippen molar-refractivity contribution >= 4 is 52.2 Å². The van der Waals surface area contributed by atoms with Crippen LogP contribution in [0.1, 0.15) is 25.8 Å². The average Bonchev–Trinajstić information content (AvgIpc) is 3.12. The van der Waals surface area contributed by atoms with Crippen LogP contribution in [0.3, 0.4) is 0 Å². The van der Waals surface area contributed by atoms with Crippen molar-refractivity contribution in [2.75, 3.05) is 5.73 Å². The number of aromatic nitrogens is 4. The molecule has 3 atom stereocenters. The normalized spacial score (nSPS) is 22.0. The molecule has 0 radical (unpaired) electrons. The van der Waals surface area contributed by atoms with E-state index in [4.69, 9.17) is 81.5 Å². The fourth-order valence-corrected chi connectivity index (χ4v) is 2.98. The second-order valence-electron chi connectivity index (χ2n) is 6.91. The zero-order valence-electron chi connectivity index (χ0n) is 17.5. The highest BCUT2D eigenvalue weighted by Crippen LogP contribution is 2.44.